The van der Waals surface area contributed by atoms with Crippen molar-refractivity contribution in [1.82, 2.24) is 19.9 Å². The first-order chi connectivity index (χ1) is 15.7. The van der Waals surface area contributed by atoms with Gasteiger partial charge in [0.15, 0.2) is 0 Å². The van der Waals surface area contributed by atoms with Crippen LogP contribution in [0.25, 0.3) is 46.4 Å². The van der Waals surface area contributed by atoms with Gasteiger partial charge in [-0.2, -0.15) is 0 Å². The minimum absolute atomic E-state index is 0.910. The molecule has 2 N–H and O–H groups in total. The summed E-state index contributed by atoms with van der Waals surface area (Å²) in [5.41, 5.74) is 7.86. The highest BCUT2D eigenvalue weighted by molar-refractivity contribution is 5.77. The summed E-state index contributed by atoms with van der Waals surface area (Å²) in [4.78, 5) is 16.0. The van der Waals surface area contributed by atoms with Crippen LogP contribution in [0.1, 0.15) is 22.8 Å². The highest BCUT2D eigenvalue weighted by atomic mass is 16.5. The fraction of sp³-hybridized carbons (Fsp3) is 0.0370. The maximum absolute atomic E-state index is 4.91. The molecule has 0 radical (unpaired) electrons. The number of methoxy groups -OCH3 is 1. The second kappa shape index (κ2) is 8.78. The minimum Gasteiger partial charge on any atom is -0.497 e. The SMILES string of the molecule is C1=Cc2cc3ccc(cc4nc(cc5ccc(cc1n2)[nH]5)C=C4)[nH]3.COc1ccccc1. The summed E-state index contributed by atoms with van der Waals surface area (Å²) in [6.45, 7) is 0. The number of nitrogens with one attached hydrogen (secondary N) is 2. The lowest BCUT2D eigenvalue weighted by Crippen LogP contribution is -1.78. The largest absolute Gasteiger partial charge is 0.497 e. The average Bonchev–Trinajstić information content (AvgIpc) is 3.61. The number of para-hydroxylation sites is 1. The summed E-state index contributed by atoms with van der Waals surface area (Å²) >= 11 is 0. The number of benzene rings is 1. The molecule has 0 fully saturated rings. The van der Waals surface area contributed by atoms with Crippen molar-refractivity contribution in [2.75, 3.05) is 7.11 Å². The maximum Gasteiger partial charge on any atom is 0.118 e. The van der Waals surface area contributed by atoms with Crippen LogP contribution < -0.4 is 4.74 Å². The van der Waals surface area contributed by atoms with Crippen LogP contribution >= 0.6 is 0 Å². The normalized spacial score (nSPS) is 11.7. The van der Waals surface area contributed by atoms with Gasteiger partial charge >= 0.3 is 0 Å². The Morgan fingerprint density at radius 1 is 0.531 bits per heavy atom. The van der Waals surface area contributed by atoms with E-state index in [4.69, 9.17) is 4.74 Å². The second-order valence-electron chi connectivity index (χ2n) is 7.42. The van der Waals surface area contributed by atoms with Gasteiger partial charge in [-0.25, -0.2) is 9.97 Å². The van der Waals surface area contributed by atoms with Crippen molar-refractivity contribution < 1.29 is 4.74 Å². The Kier molecular flexibility index (Phi) is 5.37. The molecule has 6 rings (SSSR count). The minimum atomic E-state index is 0.910. The lowest BCUT2D eigenvalue weighted by atomic mass is 10.3. The van der Waals surface area contributed by atoms with E-state index in [1.165, 1.54) is 0 Å². The predicted octanol–water partition coefficient (Wildman–Crippen LogP) is 6.35. The van der Waals surface area contributed by atoms with Crippen molar-refractivity contribution in [3.8, 4) is 5.75 Å². The third kappa shape index (κ3) is 4.68. The molecule has 0 unspecified atom stereocenters. The Morgan fingerprint density at radius 2 is 0.906 bits per heavy atom. The molecule has 32 heavy (non-hydrogen) atoms. The number of hydrogen-bond acceptors (Lipinski definition) is 3. The van der Waals surface area contributed by atoms with Gasteiger partial charge in [0.05, 0.1) is 29.9 Å². The van der Waals surface area contributed by atoms with E-state index in [0.717, 1.165) is 50.6 Å². The van der Waals surface area contributed by atoms with Gasteiger partial charge in [0, 0.05) is 22.1 Å². The summed E-state index contributed by atoms with van der Waals surface area (Å²) in [6.07, 6.45) is 8.09. The first-order valence-electron chi connectivity index (χ1n) is 10.4. The van der Waals surface area contributed by atoms with E-state index in [0.29, 0.717) is 0 Å². The second-order valence-corrected chi connectivity index (χ2v) is 7.42. The van der Waals surface area contributed by atoms with Crippen LogP contribution in [-0.4, -0.2) is 27.0 Å². The molecule has 156 valence electrons. The molecule has 3 aromatic heterocycles. The number of ether oxygens (including phenoxy) is 1. The summed E-state index contributed by atoms with van der Waals surface area (Å²) in [6, 6.07) is 26.0. The summed E-state index contributed by atoms with van der Waals surface area (Å²) < 4.78 is 4.91. The van der Waals surface area contributed by atoms with Crippen LogP contribution in [0.2, 0.25) is 0 Å². The fourth-order valence-corrected chi connectivity index (χ4v) is 3.50. The van der Waals surface area contributed by atoms with Gasteiger partial charge in [0.2, 0.25) is 0 Å². The highest BCUT2D eigenvalue weighted by Crippen LogP contribution is 2.17. The smallest absolute Gasteiger partial charge is 0.118 e. The lowest BCUT2D eigenvalue weighted by Gasteiger charge is -1.93. The topological polar surface area (TPSA) is 66.6 Å². The standard InChI is InChI=1S/C20H14N4.C7H8O/c1-2-14-10-16-5-6-18(23-16)12-20-8-7-19(24-20)11-17-4-3-15(22-17)9-13(1)21-14;1-8-7-5-3-2-4-6-7/h1-12,21,24H;2-6H,1H3. The molecule has 0 saturated carbocycles. The summed E-state index contributed by atoms with van der Waals surface area (Å²) in [5.74, 6) is 0.910. The Bertz CT molecular complexity index is 1280. The van der Waals surface area contributed by atoms with Crippen molar-refractivity contribution >= 4 is 46.4 Å². The number of hydrogen-bond donors (Lipinski definition) is 2. The van der Waals surface area contributed by atoms with Gasteiger partial charge in [0.1, 0.15) is 5.75 Å². The van der Waals surface area contributed by atoms with Crippen molar-refractivity contribution in [3.63, 3.8) is 0 Å². The van der Waals surface area contributed by atoms with E-state index in [1.807, 2.05) is 78.9 Å². The number of aromatic amines is 2. The third-order valence-electron chi connectivity index (χ3n) is 5.02. The van der Waals surface area contributed by atoms with Crippen molar-refractivity contribution in [1.29, 1.82) is 0 Å². The van der Waals surface area contributed by atoms with Gasteiger partial charge in [-0.1, -0.05) is 18.2 Å². The number of nitrogens with zero attached hydrogens (tertiary/aromatic N) is 2. The zero-order valence-electron chi connectivity index (χ0n) is 17.6. The quantitative estimate of drug-likeness (QED) is 0.327. The molecule has 0 spiro atoms. The monoisotopic (exact) mass is 418 g/mol. The van der Waals surface area contributed by atoms with Gasteiger partial charge in [-0.3, -0.25) is 0 Å². The molecule has 5 heterocycles. The van der Waals surface area contributed by atoms with E-state index >= 15 is 0 Å². The van der Waals surface area contributed by atoms with Crippen LogP contribution in [0.15, 0.2) is 78.9 Å². The maximum atomic E-state index is 4.91. The Hall–Kier alpha value is -4.38. The molecule has 5 heteroatoms. The molecular weight excluding hydrogens is 396 g/mol. The zero-order chi connectivity index (χ0) is 21.8. The molecule has 2 aliphatic heterocycles. The van der Waals surface area contributed by atoms with E-state index in [1.54, 1.807) is 7.11 Å². The first kappa shape index (κ1) is 19.6. The predicted molar refractivity (Wildman–Crippen MR) is 132 cm³/mol. The number of rotatable bonds is 1. The van der Waals surface area contributed by atoms with Gasteiger partial charge in [-0.05, 0) is 85.0 Å². The molecular formula is C27H22N4O. The molecule has 0 amide bonds. The van der Waals surface area contributed by atoms with E-state index in [2.05, 4.69) is 44.2 Å². The van der Waals surface area contributed by atoms with Crippen LogP contribution in [0.5, 0.6) is 5.75 Å². The van der Waals surface area contributed by atoms with Crippen LogP contribution in [0.3, 0.4) is 0 Å². The Morgan fingerprint density at radius 3 is 1.22 bits per heavy atom. The van der Waals surface area contributed by atoms with Crippen molar-refractivity contribution in [2.24, 2.45) is 0 Å². The van der Waals surface area contributed by atoms with Crippen LogP contribution in [-0.2, 0) is 0 Å². The van der Waals surface area contributed by atoms with Gasteiger partial charge < -0.3 is 14.7 Å². The molecule has 4 aromatic rings. The number of fused-ring (bicyclic) bond motifs is 8. The molecule has 8 bridgehead atoms. The zero-order valence-corrected chi connectivity index (χ0v) is 17.6. The van der Waals surface area contributed by atoms with Crippen LogP contribution in [0, 0.1) is 0 Å². The van der Waals surface area contributed by atoms with Crippen molar-refractivity contribution in [3.05, 3.63) is 102 Å². The van der Waals surface area contributed by atoms with E-state index < -0.39 is 0 Å². The van der Waals surface area contributed by atoms with E-state index in [-0.39, 0.29) is 0 Å². The van der Waals surface area contributed by atoms with Gasteiger partial charge in [0.25, 0.3) is 0 Å². The fourth-order valence-electron chi connectivity index (χ4n) is 3.50. The Balaban J connectivity index is 0.000000230. The lowest BCUT2D eigenvalue weighted by molar-refractivity contribution is 0.415. The summed E-state index contributed by atoms with van der Waals surface area (Å²) in [5, 5.41) is 0. The molecule has 2 aliphatic rings. The average molecular weight is 419 g/mol. The molecule has 0 saturated heterocycles. The molecule has 1 aromatic carbocycles. The number of aromatic nitrogens is 4. The highest BCUT2D eigenvalue weighted by Gasteiger charge is 2.01. The van der Waals surface area contributed by atoms with E-state index in [9.17, 15) is 0 Å². The third-order valence-corrected chi connectivity index (χ3v) is 5.02. The van der Waals surface area contributed by atoms with Crippen LogP contribution in [0.4, 0.5) is 0 Å². The molecule has 5 nitrogen and oxygen atoms in total. The van der Waals surface area contributed by atoms with Gasteiger partial charge in [-0.15, -0.1) is 0 Å². The first-order valence-corrected chi connectivity index (χ1v) is 10.4. The molecule has 0 atom stereocenters. The molecule has 0 aliphatic carbocycles. The number of H-pyrrole nitrogens is 2. The Labute approximate surface area is 185 Å². The summed E-state index contributed by atoms with van der Waals surface area (Å²) in [7, 11) is 1.66. The van der Waals surface area contributed by atoms with Crippen molar-refractivity contribution in [2.45, 2.75) is 0 Å².